The molecule has 176 valence electrons. The molecule has 1 amide bonds. The van der Waals surface area contributed by atoms with Crippen molar-refractivity contribution in [3.63, 3.8) is 0 Å². The summed E-state index contributed by atoms with van der Waals surface area (Å²) < 4.78 is 28.4. The SMILES string of the molecule is C[C@H]1Cc2ccccc2N1C(=O)c1ccc(CN(c2ccccc2)S(=O)(=O)c2ccccc2)cc1. The highest BCUT2D eigenvalue weighted by molar-refractivity contribution is 7.92. The molecule has 0 aromatic heterocycles. The summed E-state index contributed by atoms with van der Waals surface area (Å²) in [4.78, 5) is 15.4. The summed E-state index contributed by atoms with van der Waals surface area (Å²) in [5.41, 5.74) is 4.08. The van der Waals surface area contributed by atoms with Gasteiger partial charge in [-0.05, 0) is 66.9 Å². The van der Waals surface area contributed by atoms with Gasteiger partial charge in [-0.25, -0.2) is 8.42 Å². The van der Waals surface area contributed by atoms with Crippen molar-refractivity contribution in [1.29, 1.82) is 0 Å². The Morgan fingerprint density at radius 1 is 0.829 bits per heavy atom. The number of fused-ring (bicyclic) bond motifs is 1. The van der Waals surface area contributed by atoms with Crippen molar-refractivity contribution < 1.29 is 13.2 Å². The van der Waals surface area contributed by atoms with Crippen molar-refractivity contribution >= 4 is 27.3 Å². The Kier molecular flexibility index (Phi) is 6.14. The molecule has 0 bridgehead atoms. The van der Waals surface area contributed by atoms with E-state index in [-0.39, 0.29) is 23.4 Å². The lowest BCUT2D eigenvalue weighted by atomic mass is 10.1. The molecular formula is C29H26N2O3S. The molecule has 0 fully saturated rings. The van der Waals surface area contributed by atoms with Crippen LogP contribution in [0.5, 0.6) is 0 Å². The summed E-state index contributed by atoms with van der Waals surface area (Å²) in [6.45, 7) is 2.21. The fourth-order valence-electron chi connectivity index (χ4n) is 4.56. The zero-order valence-corrected chi connectivity index (χ0v) is 20.2. The van der Waals surface area contributed by atoms with Crippen LogP contribution in [0.3, 0.4) is 0 Å². The van der Waals surface area contributed by atoms with Gasteiger partial charge in [-0.15, -0.1) is 0 Å². The first kappa shape index (κ1) is 22.9. The number of para-hydroxylation sites is 2. The number of hydrogen-bond acceptors (Lipinski definition) is 3. The highest BCUT2D eigenvalue weighted by Crippen LogP contribution is 2.33. The van der Waals surface area contributed by atoms with Crippen LogP contribution < -0.4 is 9.21 Å². The molecular weight excluding hydrogens is 456 g/mol. The lowest BCUT2D eigenvalue weighted by Crippen LogP contribution is -2.35. The number of anilines is 2. The van der Waals surface area contributed by atoms with Crippen LogP contribution in [0.1, 0.15) is 28.4 Å². The largest absolute Gasteiger partial charge is 0.305 e. The summed E-state index contributed by atoms with van der Waals surface area (Å²) in [5, 5.41) is 0. The van der Waals surface area contributed by atoms with Gasteiger partial charge in [0.2, 0.25) is 0 Å². The van der Waals surface area contributed by atoms with Gasteiger partial charge in [0.25, 0.3) is 15.9 Å². The van der Waals surface area contributed by atoms with E-state index in [1.807, 2.05) is 53.4 Å². The molecule has 1 aliphatic rings. The second kappa shape index (κ2) is 9.39. The summed E-state index contributed by atoms with van der Waals surface area (Å²) >= 11 is 0. The van der Waals surface area contributed by atoms with Gasteiger partial charge in [0.05, 0.1) is 17.1 Å². The summed E-state index contributed by atoms with van der Waals surface area (Å²) in [6, 6.07) is 32.8. The molecule has 5 rings (SSSR count). The van der Waals surface area contributed by atoms with Crippen molar-refractivity contribution in [3.05, 3.63) is 126 Å². The number of carbonyl (C=O) groups is 1. The smallest absolute Gasteiger partial charge is 0.264 e. The van der Waals surface area contributed by atoms with Crippen molar-refractivity contribution in [2.45, 2.75) is 30.8 Å². The van der Waals surface area contributed by atoms with Crippen LogP contribution in [0, 0.1) is 0 Å². The first-order valence-corrected chi connectivity index (χ1v) is 13.0. The number of carbonyl (C=O) groups excluding carboxylic acids is 1. The zero-order valence-electron chi connectivity index (χ0n) is 19.4. The van der Waals surface area contributed by atoms with Crippen LogP contribution >= 0.6 is 0 Å². The van der Waals surface area contributed by atoms with Crippen molar-refractivity contribution in [3.8, 4) is 0 Å². The third kappa shape index (κ3) is 4.45. The average Bonchev–Trinajstić information content (AvgIpc) is 3.23. The van der Waals surface area contributed by atoms with Gasteiger partial charge < -0.3 is 4.90 Å². The number of hydrogen-bond donors (Lipinski definition) is 0. The molecule has 0 spiro atoms. The number of sulfonamides is 1. The van der Waals surface area contributed by atoms with Gasteiger partial charge in [-0.2, -0.15) is 0 Å². The number of benzene rings is 4. The third-order valence-corrected chi connectivity index (χ3v) is 8.12. The second-order valence-electron chi connectivity index (χ2n) is 8.71. The minimum Gasteiger partial charge on any atom is -0.305 e. The van der Waals surface area contributed by atoms with Gasteiger partial charge in [0.15, 0.2) is 0 Å². The highest BCUT2D eigenvalue weighted by Gasteiger charge is 2.31. The topological polar surface area (TPSA) is 57.7 Å². The molecule has 0 N–H and O–H groups in total. The summed E-state index contributed by atoms with van der Waals surface area (Å²) in [5.74, 6) is -0.0502. The Balaban J connectivity index is 1.43. The van der Waals surface area contributed by atoms with Crippen LogP contribution in [0.2, 0.25) is 0 Å². The van der Waals surface area contributed by atoms with E-state index in [9.17, 15) is 13.2 Å². The minimum absolute atomic E-state index is 0.0502. The molecule has 5 nitrogen and oxygen atoms in total. The number of nitrogens with zero attached hydrogens (tertiary/aromatic N) is 2. The zero-order chi connectivity index (χ0) is 24.4. The Hall–Kier alpha value is -3.90. The maximum atomic E-state index is 13.5. The predicted molar refractivity (Wildman–Crippen MR) is 139 cm³/mol. The summed E-state index contributed by atoms with van der Waals surface area (Å²) in [6.07, 6.45) is 0.837. The van der Waals surface area contributed by atoms with Crippen LogP contribution in [-0.2, 0) is 23.0 Å². The molecule has 0 aliphatic carbocycles. The van der Waals surface area contributed by atoms with E-state index in [4.69, 9.17) is 0 Å². The van der Waals surface area contributed by atoms with E-state index in [1.165, 1.54) is 9.87 Å². The normalized spacial score (nSPS) is 15.0. The van der Waals surface area contributed by atoms with Gasteiger partial charge >= 0.3 is 0 Å². The van der Waals surface area contributed by atoms with Gasteiger partial charge in [0, 0.05) is 17.3 Å². The molecule has 4 aromatic rings. The fourth-order valence-corrected chi connectivity index (χ4v) is 6.04. The van der Waals surface area contributed by atoms with E-state index in [0.717, 1.165) is 17.7 Å². The first-order chi connectivity index (χ1) is 16.9. The maximum absolute atomic E-state index is 13.5. The molecule has 0 unspecified atom stereocenters. The average molecular weight is 483 g/mol. The Labute approximate surface area is 206 Å². The summed E-state index contributed by atoms with van der Waals surface area (Å²) in [7, 11) is -3.77. The van der Waals surface area contributed by atoms with Crippen molar-refractivity contribution in [2.24, 2.45) is 0 Å². The van der Waals surface area contributed by atoms with Crippen LogP contribution in [0.4, 0.5) is 11.4 Å². The van der Waals surface area contributed by atoms with Crippen LogP contribution in [-0.4, -0.2) is 20.4 Å². The van der Waals surface area contributed by atoms with Gasteiger partial charge in [0.1, 0.15) is 0 Å². The van der Waals surface area contributed by atoms with E-state index in [2.05, 4.69) is 13.0 Å². The Bertz CT molecular complexity index is 1440. The number of amides is 1. The maximum Gasteiger partial charge on any atom is 0.264 e. The Morgan fingerprint density at radius 2 is 1.43 bits per heavy atom. The van der Waals surface area contributed by atoms with Gasteiger partial charge in [-0.3, -0.25) is 9.10 Å². The van der Waals surface area contributed by atoms with E-state index in [0.29, 0.717) is 11.3 Å². The van der Waals surface area contributed by atoms with Gasteiger partial charge in [-0.1, -0.05) is 66.7 Å². The molecule has 0 saturated carbocycles. The monoisotopic (exact) mass is 482 g/mol. The standard InChI is InChI=1S/C29H26N2O3S/c1-22-20-25-10-8-9-15-28(25)31(22)29(32)24-18-16-23(17-19-24)21-30(26-11-4-2-5-12-26)35(33,34)27-13-6-3-7-14-27/h2-19,22H,20-21H2,1H3/t22-/m0/s1. The van der Waals surface area contributed by atoms with E-state index < -0.39 is 10.0 Å². The second-order valence-corrected chi connectivity index (χ2v) is 10.6. The molecule has 1 heterocycles. The molecule has 1 atom stereocenters. The molecule has 0 saturated heterocycles. The van der Waals surface area contributed by atoms with Crippen molar-refractivity contribution in [1.82, 2.24) is 0 Å². The fraction of sp³-hybridized carbons (Fsp3) is 0.138. The predicted octanol–water partition coefficient (Wildman–Crippen LogP) is 5.67. The van der Waals surface area contributed by atoms with E-state index in [1.54, 1.807) is 54.6 Å². The molecule has 0 radical (unpaired) electrons. The lowest BCUT2D eigenvalue weighted by Gasteiger charge is -2.25. The van der Waals surface area contributed by atoms with Crippen molar-refractivity contribution in [2.75, 3.05) is 9.21 Å². The number of rotatable bonds is 6. The third-order valence-electron chi connectivity index (χ3n) is 6.33. The molecule has 35 heavy (non-hydrogen) atoms. The molecule has 1 aliphatic heterocycles. The van der Waals surface area contributed by atoms with Crippen LogP contribution in [0.15, 0.2) is 114 Å². The molecule has 6 heteroatoms. The first-order valence-electron chi connectivity index (χ1n) is 11.6. The molecule has 4 aromatic carbocycles. The van der Waals surface area contributed by atoms with E-state index >= 15 is 0 Å². The minimum atomic E-state index is -3.77. The Morgan fingerprint density at radius 3 is 2.11 bits per heavy atom. The van der Waals surface area contributed by atoms with Crippen LogP contribution in [0.25, 0.3) is 0 Å². The highest BCUT2D eigenvalue weighted by atomic mass is 32.2. The quantitative estimate of drug-likeness (QED) is 0.356. The lowest BCUT2D eigenvalue weighted by molar-refractivity contribution is 0.0981.